The molecule has 4 heterocycles. The number of hydrogen-bond donors (Lipinski definition) is 0. The van der Waals surface area contributed by atoms with Gasteiger partial charge >= 0.3 is 0 Å². The standard InChI is InChI=1S/C17H22N8O/c1-12-7-15(25-17(21-12)18-11-20-25)24-6-4-5-14(10-24)23(3)16(26)13-8-19-22(2)9-13/h7-9,11,14H,4-6,10H2,1-3H3. The number of likely N-dealkylation sites (N-methyl/N-ethyl adjacent to an activating group) is 1. The third kappa shape index (κ3) is 2.89. The van der Waals surface area contributed by atoms with Crippen molar-refractivity contribution in [2.45, 2.75) is 25.8 Å². The predicted octanol–water partition coefficient (Wildman–Crippen LogP) is 0.907. The summed E-state index contributed by atoms with van der Waals surface area (Å²) in [6, 6.07) is 2.15. The Hall–Kier alpha value is -2.97. The highest BCUT2D eigenvalue weighted by Gasteiger charge is 2.28. The summed E-state index contributed by atoms with van der Waals surface area (Å²) in [6.45, 7) is 3.63. The van der Waals surface area contributed by atoms with Gasteiger partial charge in [0.25, 0.3) is 11.7 Å². The topological polar surface area (TPSA) is 84.5 Å². The van der Waals surface area contributed by atoms with Gasteiger partial charge < -0.3 is 9.80 Å². The quantitative estimate of drug-likeness (QED) is 0.695. The number of nitrogens with zero attached hydrogens (tertiary/aromatic N) is 8. The van der Waals surface area contributed by atoms with Crippen LogP contribution in [0.15, 0.2) is 24.8 Å². The van der Waals surface area contributed by atoms with Gasteiger partial charge in [-0.2, -0.15) is 19.7 Å². The van der Waals surface area contributed by atoms with Crippen LogP contribution in [0, 0.1) is 6.92 Å². The van der Waals surface area contributed by atoms with Gasteiger partial charge in [0, 0.05) is 51.2 Å². The molecule has 3 aromatic rings. The molecule has 1 fully saturated rings. The van der Waals surface area contributed by atoms with Crippen molar-refractivity contribution >= 4 is 17.5 Å². The molecule has 1 unspecified atom stereocenters. The van der Waals surface area contributed by atoms with E-state index in [0.29, 0.717) is 11.3 Å². The molecule has 0 aliphatic carbocycles. The lowest BCUT2D eigenvalue weighted by molar-refractivity contribution is 0.0717. The first kappa shape index (κ1) is 16.5. The van der Waals surface area contributed by atoms with Crippen LogP contribution in [0.5, 0.6) is 0 Å². The van der Waals surface area contributed by atoms with Gasteiger partial charge in [0.15, 0.2) is 0 Å². The largest absolute Gasteiger partial charge is 0.354 e. The highest BCUT2D eigenvalue weighted by atomic mass is 16.2. The molecular formula is C17H22N8O. The van der Waals surface area contributed by atoms with Crippen LogP contribution in [0.25, 0.3) is 5.78 Å². The monoisotopic (exact) mass is 354 g/mol. The Kier molecular flexibility index (Phi) is 4.06. The molecule has 0 spiro atoms. The Bertz CT molecular complexity index is 945. The van der Waals surface area contributed by atoms with Crippen LogP contribution in [0.3, 0.4) is 0 Å². The second-order valence-electron chi connectivity index (χ2n) is 6.79. The molecule has 0 N–H and O–H groups in total. The van der Waals surface area contributed by atoms with E-state index in [9.17, 15) is 4.79 Å². The van der Waals surface area contributed by atoms with Gasteiger partial charge in [-0.05, 0) is 19.8 Å². The summed E-state index contributed by atoms with van der Waals surface area (Å²) in [7, 11) is 3.68. The molecule has 1 aliphatic heterocycles. The third-order valence-electron chi connectivity index (χ3n) is 4.90. The zero-order valence-corrected chi connectivity index (χ0v) is 15.2. The molecule has 9 nitrogen and oxygen atoms in total. The molecule has 136 valence electrons. The predicted molar refractivity (Wildman–Crippen MR) is 96.1 cm³/mol. The maximum Gasteiger partial charge on any atom is 0.257 e. The SMILES string of the molecule is Cc1cc(N2CCCC(N(C)C(=O)c3cnn(C)c3)C2)n2ncnc2n1. The minimum atomic E-state index is 0.00163. The highest BCUT2D eigenvalue weighted by molar-refractivity contribution is 5.93. The van der Waals surface area contributed by atoms with Gasteiger partial charge in [-0.3, -0.25) is 9.48 Å². The number of amides is 1. The van der Waals surface area contributed by atoms with Gasteiger partial charge in [0.05, 0.1) is 11.8 Å². The Balaban J connectivity index is 1.57. The fourth-order valence-electron chi connectivity index (χ4n) is 3.52. The second-order valence-corrected chi connectivity index (χ2v) is 6.79. The number of hydrogen-bond acceptors (Lipinski definition) is 6. The summed E-state index contributed by atoms with van der Waals surface area (Å²) < 4.78 is 3.41. The van der Waals surface area contributed by atoms with Crippen molar-refractivity contribution in [2.24, 2.45) is 7.05 Å². The van der Waals surface area contributed by atoms with Crippen molar-refractivity contribution < 1.29 is 4.79 Å². The van der Waals surface area contributed by atoms with Crippen LogP contribution >= 0.6 is 0 Å². The Morgan fingerprint density at radius 3 is 2.96 bits per heavy atom. The zero-order chi connectivity index (χ0) is 18.3. The van der Waals surface area contributed by atoms with Crippen LogP contribution in [0.2, 0.25) is 0 Å². The number of aromatic nitrogens is 6. The molecule has 26 heavy (non-hydrogen) atoms. The zero-order valence-electron chi connectivity index (χ0n) is 15.2. The van der Waals surface area contributed by atoms with Crippen molar-refractivity contribution in [1.29, 1.82) is 0 Å². The molecule has 0 aromatic carbocycles. The molecule has 1 amide bonds. The van der Waals surface area contributed by atoms with Gasteiger partial charge in [0.2, 0.25) is 0 Å². The van der Waals surface area contributed by atoms with E-state index < -0.39 is 0 Å². The molecule has 1 saturated heterocycles. The first-order valence-corrected chi connectivity index (χ1v) is 8.71. The van der Waals surface area contributed by atoms with Gasteiger partial charge in [-0.25, -0.2) is 4.98 Å². The van der Waals surface area contributed by atoms with E-state index in [1.807, 2.05) is 32.0 Å². The Labute approximate surface area is 151 Å². The third-order valence-corrected chi connectivity index (χ3v) is 4.90. The van der Waals surface area contributed by atoms with E-state index in [4.69, 9.17) is 0 Å². The molecular weight excluding hydrogens is 332 g/mol. The van der Waals surface area contributed by atoms with Crippen molar-refractivity contribution in [3.05, 3.63) is 36.0 Å². The minimum absolute atomic E-state index is 0.00163. The lowest BCUT2D eigenvalue weighted by atomic mass is 10.0. The summed E-state index contributed by atoms with van der Waals surface area (Å²) in [4.78, 5) is 25.4. The van der Waals surface area contributed by atoms with Gasteiger partial charge in [-0.1, -0.05) is 0 Å². The maximum atomic E-state index is 12.7. The van der Waals surface area contributed by atoms with Crippen molar-refractivity contribution in [1.82, 2.24) is 34.3 Å². The van der Waals surface area contributed by atoms with E-state index in [2.05, 4.69) is 25.1 Å². The maximum absolute atomic E-state index is 12.7. The fraction of sp³-hybridized carbons (Fsp3) is 0.471. The van der Waals surface area contributed by atoms with Crippen molar-refractivity contribution in [3.8, 4) is 0 Å². The molecule has 3 aromatic heterocycles. The molecule has 0 bridgehead atoms. The summed E-state index contributed by atoms with van der Waals surface area (Å²) in [6.07, 6.45) is 6.87. The first-order valence-electron chi connectivity index (χ1n) is 8.71. The van der Waals surface area contributed by atoms with E-state index in [1.165, 1.54) is 6.33 Å². The number of fused-ring (bicyclic) bond motifs is 1. The number of carbonyl (C=O) groups excluding carboxylic acids is 1. The fourth-order valence-corrected chi connectivity index (χ4v) is 3.52. The average Bonchev–Trinajstić information content (AvgIpc) is 3.28. The summed E-state index contributed by atoms with van der Waals surface area (Å²) in [5, 5.41) is 8.40. The molecule has 0 saturated carbocycles. The van der Waals surface area contributed by atoms with Crippen LogP contribution in [0.1, 0.15) is 28.9 Å². The highest BCUT2D eigenvalue weighted by Crippen LogP contribution is 2.23. The first-order chi connectivity index (χ1) is 12.5. The van der Waals surface area contributed by atoms with Gasteiger partial charge in [0.1, 0.15) is 12.1 Å². The Morgan fingerprint density at radius 2 is 2.19 bits per heavy atom. The van der Waals surface area contributed by atoms with Crippen LogP contribution < -0.4 is 4.90 Å². The lowest BCUT2D eigenvalue weighted by Crippen LogP contribution is -2.49. The summed E-state index contributed by atoms with van der Waals surface area (Å²) in [5.74, 6) is 1.57. The van der Waals surface area contributed by atoms with Crippen LogP contribution in [-0.2, 0) is 7.05 Å². The Morgan fingerprint density at radius 1 is 1.35 bits per heavy atom. The lowest BCUT2D eigenvalue weighted by Gasteiger charge is -2.38. The molecule has 0 radical (unpaired) electrons. The van der Waals surface area contributed by atoms with Crippen molar-refractivity contribution in [3.63, 3.8) is 0 Å². The van der Waals surface area contributed by atoms with E-state index >= 15 is 0 Å². The normalized spacial score (nSPS) is 17.7. The second kappa shape index (κ2) is 6.40. The molecule has 9 heteroatoms. The van der Waals surface area contributed by atoms with Crippen LogP contribution in [0.4, 0.5) is 5.82 Å². The van der Waals surface area contributed by atoms with Gasteiger partial charge in [-0.15, -0.1) is 0 Å². The number of piperidine rings is 1. The molecule has 1 aliphatic rings. The number of anilines is 1. The van der Waals surface area contributed by atoms with E-state index in [-0.39, 0.29) is 11.9 Å². The number of carbonyl (C=O) groups is 1. The van der Waals surface area contributed by atoms with E-state index in [0.717, 1.165) is 37.4 Å². The molecule has 4 rings (SSSR count). The van der Waals surface area contributed by atoms with Crippen molar-refractivity contribution in [2.75, 3.05) is 25.0 Å². The molecule has 1 atom stereocenters. The smallest absolute Gasteiger partial charge is 0.257 e. The minimum Gasteiger partial charge on any atom is -0.354 e. The number of aryl methyl sites for hydroxylation is 2. The van der Waals surface area contributed by atoms with Crippen LogP contribution in [-0.4, -0.2) is 66.3 Å². The summed E-state index contributed by atoms with van der Waals surface area (Å²) >= 11 is 0. The van der Waals surface area contributed by atoms with E-state index in [1.54, 1.807) is 21.6 Å². The summed E-state index contributed by atoms with van der Waals surface area (Å²) in [5.41, 5.74) is 1.52. The average molecular weight is 354 g/mol. The number of rotatable bonds is 3.